The predicted octanol–water partition coefficient (Wildman–Crippen LogP) is 4.44. The minimum absolute atomic E-state index is 0.159. The van der Waals surface area contributed by atoms with Crippen molar-refractivity contribution in [1.29, 1.82) is 0 Å². The summed E-state index contributed by atoms with van der Waals surface area (Å²) in [6.45, 7) is 2.21. The van der Waals surface area contributed by atoms with Gasteiger partial charge in [0.15, 0.2) is 0 Å². The van der Waals surface area contributed by atoms with Crippen molar-refractivity contribution in [2.24, 2.45) is 0 Å². The molecule has 26 heavy (non-hydrogen) atoms. The zero-order chi connectivity index (χ0) is 18.4. The standard InChI is InChI=1S/C21H23NO4/c1-2-3-14-18-20(23)26-19(17-12-8-5-9-13-17)22(18)21(24)25-15-16-10-6-4-7-11-16/h4-13,18-19H,2-3,14-15H2,1H3/t18-,19+/m1/s1. The van der Waals surface area contributed by atoms with Gasteiger partial charge in [-0.1, -0.05) is 80.4 Å². The molecule has 0 aliphatic carbocycles. The van der Waals surface area contributed by atoms with Crippen LogP contribution in [0.1, 0.15) is 43.5 Å². The summed E-state index contributed by atoms with van der Waals surface area (Å²) >= 11 is 0. The highest BCUT2D eigenvalue weighted by Crippen LogP contribution is 2.34. The topological polar surface area (TPSA) is 55.8 Å². The molecule has 5 heteroatoms. The SMILES string of the molecule is CCCC[C@@H]1C(=O)O[C@@H](c2ccccc2)N1C(=O)OCc1ccccc1. The van der Waals surface area contributed by atoms with E-state index in [9.17, 15) is 9.59 Å². The summed E-state index contributed by atoms with van der Waals surface area (Å²) in [4.78, 5) is 26.6. The monoisotopic (exact) mass is 353 g/mol. The van der Waals surface area contributed by atoms with Crippen LogP contribution in [0.5, 0.6) is 0 Å². The fourth-order valence-corrected chi connectivity index (χ4v) is 3.04. The zero-order valence-corrected chi connectivity index (χ0v) is 14.8. The Labute approximate surface area is 153 Å². The Balaban J connectivity index is 1.78. The number of cyclic esters (lactones) is 1. The summed E-state index contributed by atoms with van der Waals surface area (Å²) in [5.74, 6) is -0.371. The number of esters is 1. The highest BCUT2D eigenvalue weighted by molar-refractivity contribution is 5.84. The van der Waals surface area contributed by atoms with Crippen LogP contribution in [0.4, 0.5) is 4.79 Å². The number of carbonyl (C=O) groups is 2. The number of carbonyl (C=O) groups excluding carboxylic acids is 2. The third-order valence-corrected chi connectivity index (χ3v) is 4.42. The van der Waals surface area contributed by atoms with Crippen molar-refractivity contribution in [3.63, 3.8) is 0 Å². The summed E-state index contributed by atoms with van der Waals surface area (Å²) in [5.41, 5.74) is 1.66. The molecule has 1 heterocycles. The molecular weight excluding hydrogens is 330 g/mol. The second kappa shape index (κ2) is 8.52. The summed E-state index contributed by atoms with van der Waals surface area (Å²) < 4.78 is 11.0. The van der Waals surface area contributed by atoms with Gasteiger partial charge >= 0.3 is 12.1 Å². The van der Waals surface area contributed by atoms with E-state index in [0.29, 0.717) is 6.42 Å². The highest BCUT2D eigenvalue weighted by atomic mass is 16.6. The predicted molar refractivity (Wildman–Crippen MR) is 97.1 cm³/mol. The smallest absolute Gasteiger partial charge is 0.414 e. The third-order valence-electron chi connectivity index (χ3n) is 4.42. The maximum atomic E-state index is 12.8. The van der Waals surface area contributed by atoms with Gasteiger partial charge in [0.1, 0.15) is 12.6 Å². The van der Waals surface area contributed by atoms with Crippen molar-refractivity contribution in [3.8, 4) is 0 Å². The largest absolute Gasteiger partial charge is 0.444 e. The van der Waals surface area contributed by atoms with Crippen molar-refractivity contribution in [1.82, 2.24) is 4.90 Å². The third kappa shape index (κ3) is 4.04. The zero-order valence-electron chi connectivity index (χ0n) is 14.8. The quantitative estimate of drug-likeness (QED) is 0.721. The number of amides is 1. The number of ether oxygens (including phenoxy) is 2. The molecule has 5 nitrogen and oxygen atoms in total. The lowest BCUT2D eigenvalue weighted by molar-refractivity contribution is -0.143. The number of hydrogen-bond donors (Lipinski definition) is 0. The Morgan fingerprint density at radius 3 is 2.38 bits per heavy atom. The molecule has 136 valence electrons. The van der Waals surface area contributed by atoms with Gasteiger partial charge in [-0.3, -0.25) is 4.90 Å². The Morgan fingerprint density at radius 1 is 1.08 bits per heavy atom. The van der Waals surface area contributed by atoms with Crippen LogP contribution in [0.25, 0.3) is 0 Å². The molecule has 0 radical (unpaired) electrons. The molecule has 3 rings (SSSR count). The van der Waals surface area contributed by atoms with E-state index in [2.05, 4.69) is 0 Å². The fourth-order valence-electron chi connectivity index (χ4n) is 3.04. The van der Waals surface area contributed by atoms with Crippen LogP contribution in [0.2, 0.25) is 0 Å². The van der Waals surface area contributed by atoms with Crippen LogP contribution >= 0.6 is 0 Å². The fraction of sp³-hybridized carbons (Fsp3) is 0.333. The van der Waals surface area contributed by atoms with E-state index in [0.717, 1.165) is 24.0 Å². The number of hydrogen-bond acceptors (Lipinski definition) is 4. The highest BCUT2D eigenvalue weighted by Gasteiger charge is 2.46. The lowest BCUT2D eigenvalue weighted by atomic mass is 10.1. The normalized spacial score (nSPS) is 19.3. The Hall–Kier alpha value is -2.82. The molecule has 1 amide bonds. The molecule has 1 aliphatic heterocycles. The maximum absolute atomic E-state index is 12.8. The first-order valence-corrected chi connectivity index (χ1v) is 8.95. The molecule has 1 aliphatic rings. The van der Waals surface area contributed by atoms with Gasteiger partial charge in [0, 0.05) is 5.56 Å². The van der Waals surface area contributed by atoms with Crippen molar-refractivity contribution in [3.05, 3.63) is 71.8 Å². The average Bonchev–Trinajstić information content (AvgIpc) is 3.02. The van der Waals surface area contributed by atoms with Gasteiger partial charge in [-0.25, -0.2) is 9.59 Å². The first kappa shape index (κ1) is 18.0. The van der Waals surface area contributed by atoms with E-state index >= 15 is 0 Å². The first-order chi connectivity index (χ1) is 12.7. The summed E-state index contributed by atoms with van der Waals surface area (Å²) in [7, 11) is 0. The average molecular weight is 353 g/mol. The molecule has 1 saturated heterocycles. The van der Waals surface area contributed by atoms with Crippen LogP contribution in [-0.2, 0) is 20.9 Å². The van der Waals surface area contributed by atoms with Crippen molar-refractivity contribution in [2.45, 2.75) is 45.1 Å². The van der Waals surface area contributed by atoms with Gasteiger partial charge in [0.25, 0.3) is 0 Å². The van der Waals surface area contributed by atoms with Crippen LogP contribution in [0.15, 0.2) is 60.7 Å². The van der Waals surface area contributed by atoms with E-state index < -0.39 is 18.4 Å². The Morgan fingerprint density at radius 2 is 1.73 bits per heavy atom. The second-order valence-electron chi connectivity index (χ2n) is 6.31. The van der Waals surface area contributed by atoms with Gasteiger partial charge in [-0.05, 0) is 12.0 Å². The van der Waals surface area contributed by atoms with Crippen molar-refractivity contribution >= 4 is 12.1 Å². The minimum atomic E-state index is -0.742. The van der Waals surface area contributed by atoms with Gasteiger partial charge in [0.2, 0.25) is 6.23 Å². The first-order valence-electron chi connectivity index (χ1n) is 8.95. The molecular formula is C21H23NO4. The molecule has 2 aromatic rings. The van der Waals surface area contributed by atoms with Gasteiger partial charge in [-0.15, -0.1) is 0 Å². The second-order valence-corrected chi connectivity index (χ2v) is 6.31. The van der Waals surface area contributed by atoms with E-state index in [1.165, 1.54) is 4.90 Å². The van der Waals surface area contributed by atoms with Crippen LogP contribution in [0, 0.1) is 0 Å². The van der Waals surface area contributed by atoms with Gasteiger partial charge in [-0.2, -0.15) is 0 Å². The molecule has 0 saturated carbocycles. The van der Waals surface area contributed by atoms with E-state index in [4.69, 9.17) is 9.47 Å². The molecule has 0 bridgehead atoms. The number of benzene rings is 2. The molecule has 0 N–H and O–H groups in total. The van der Waals surface area contributed by atoms with E-state index in [1.54, 1.807) is 0 Å². The van der Waals surface area contributed by atoms with E-state index in [-0.39, 0.29) is 12.6 Å². The molecule has 0 spiro atoms. The summed E-state index contributed by atoms with van der Waals surface area (Å²) in [6, 6.07) is 18.1. The number of unbranched alkanes of at least 4 members (excludes halogenated alkanes) is 1. The lowest BCUT2D eigenvalue weighted by Crippen LogP contribution is -2.39. The summed E-state index contributed by atoms with van der Waals surface area (Å²) in [6.07, 6.45) is 1.07. The molecule has 2 atom stereocenters. The number of nitrogens with zero attached hydrogens (tertiary/aromatic N) is 1. The maximum Gasteiger partial charge on any atom is 0.414 e. The molecule has 1 fully saturated rings. The van der Waals surface area contributed by atoms with E-state index in [1.807, 2.05) is 67.6 Å². The summed E-state index contributed by atoms with van der Waals surface area (Å²) in [5, 5.41) is 0. The number of rotatable bonds is 6. The lowest BCUT2D eigenvalue weighted by Gasteiger charge is -2.25. The van der Waals surface area contributed by atoms with Gasteiger partial charge < -0.3 is 9.47 Å². The van der Waals surface area contributed by atoms with Crippen LogP contribution in [-0.4, -0.2) is 23.0 Å². The molecule has 2 aromatic carbocycles. The van der Waals surface area contributed by atoms with Crippen molar-refractivity contribution < 1.29 is 19.1 Å². The minimum Gasteiger partial charge on any atom is -0.444 e. The molecule has 0 unspecified atom stereocenters. The Kier molecular flexibility index (Phi) is 5.89. The van der Waals surface area contributed by atoms with Gasteiger partial charge in [0.05, 0.1) is 0 Å². The molecule has 0 aromatic heterocycles. The van der Waals surface area contributed by atoms with Crippen LogP contribution < -0.4 is 0 Å². The van der Waals surface area contributed by atoms with Crippen LogP contribution in [0.3, 0.4) is 0 Å². The van der Waals surface area contributed by atoms with Crippen molar-refractivity contribution in [2.75, 3.05) is 0 Å². The Bertz CT molecular complexity index is 732.